The number of nitrogens with one attached hydrogen (secondary N) is 2. The van der Waals surface area contributed by atoms with Crippen LogP contribution in [-0.2, 0) is 0 Å². The van der Waals surface area contributed by atoms with E-state index in [2.05, 4.69) is 10.6 Å². The van der Waals surface area contributed by atoms with Crippen molar-refractivity contribution in [3.8, 4) is 0 Å². The summed E-state index contributed by atoms with van der Waals surface area (Å²) >= 11 is 0. The summed E-state index contributed by atoms with van der Waals surface area (Å²) < 4.78 is 0. The highest BCUT2D eigenvalue weighted by Crippen LogP contribution is 2.16. The van der Waals surface area contributed by atoms with E-state index in [9.17, 15) is 4.79 Å². The quantitative estimate of drug-likeness (QED) is 0.858. The van der Waals surface area contributed by atoms with Crippen molar-refractivity contribution < 1.29 is 4.79 Å². The topological polar surface area (TPSA) is 44.4 Å². The number of carbonyl (C=O) groups excluding carboxylic acids is 1. The van der Waals surface area contributed by atoms with Crippen molar-refractivity contribution in [1.29, 1.82) is 0 Å². The Labute approximate surface area is 109 Å². The lowest BCUT2D eigenvalue weighted by Crippen LogP contribution is -2.24. The molecule has 0 heterocycles. The molecule has 0 unspecified atom stereocenters. The van der Waals surface area contributed by atoms with Crippen LogP contribution < -0.4 is 15.5 Å². The lowest BCUT2D eigenvalue weighted by atomic mass is 10.2. The highest BCUT2D eigenvalue weighted by Gasteiger charge is 2.01. The molecule has 0 saturated carbocycles. The second-order valence-electron chi connectivity index (χ2n) is 4.39. The Balaban J connectivity index is 2.62. The first-order chi connectivity index (χ1) is 8.52. The fourth-order valence-electron chi connectivity index (χ4n) is 1.32. The number of hydrogen-bond donors (Lipinski definition) is 2. The van der Waals surface area contributed by atoms with Crippen molar-refractivity contribution in [1.82, 2.24) is 5.32 Å². The highest BCUT2D eigenvalue weighted by molar-refractivity contribution is 5.90. The first kappa shape index (κ1) is 14.1. The van der Waals surface area contributed by atoms with Gasteiger partial charge < -0.3 is 15.5 Å². The molecule has 0 bridgehead atoms. The molecule has 4 nitrogen and oxygen atoms in total. The van der Waals surface area contributed by atoms with Crippen molar-refractivity contribution >= 4 is 17.4 Å². The number of hydrogen-bond acceptors (Lipinski definition) is 2. The maximum atomic E-state index is 11.6. The van der Waals surface area contributed by atoms with Crippen LogP contribution in [0.5, 0.6) is 0 Å². The van der Waals surface area contributed by atoms with E-state index < -0.39 is 0 Å². The molecule has 0 radical (unpaired) electrons. The normalized spacial score (nSPS) is 11.0. The Morgan fingerprint density at radius 1 is 1.39 bits per heavy atom. The fourth-order valence-corrected chi connectivity index (χ4v) is 1.32. The van der Waals surface area contributed by atoms with E-state index in [4.69, 9.17) is 0 Å². The number of nitrogens with zero attached hydrogens (tertiary/aromatic N) is 1. The van der Waals surface area contributed by atoms with Gasteiger partial charge in [0.15, 0.2) is 0 Å². The molecular weight excluding hydrogens is 226 g/mol. The van der Waals surface area contributed by atoms with Crippen LogP contribution in [0.15, 0.2) is 36.0 Å². The summed E-state index contributed by atoms with van der Waals surface area (Å²) in [6, 6.07) is 7.47. The predicted octanol–water partition coefficient (Wildman–Crippen LogP) is 3.19. The van der Waals surface area contributed by atoms with Gasteiger partial charge in [-0.2, -0.15) is 0 Å². The fraction of sp³-hybridized carbons (Fsp3) is 0.357. The maximum absolute atomic E-state index is 11.6. The van der Waals surface area contributed by atoms with Gasteiger partial charge in [0, 0.05) is 31.7 Å². The maximum Gasteiger partial charge on any atom is 0.323 e. The zero-order valence-corrected chi connectivity index (χ0v) is 11.4. The summed E-state index contributed by atoms with van der Waals surface area (Å²) in [5.74, 6) is 0. The van der Waals surface area contributed by atoms with E-state index in [1.54, 1.807) is 6.20 Å². The number of anilines is 2. The number of benzene rings is 1. The Morgan fingerprint density at radius 2 is 2.11 bits per heavy atom. The number of rotatable bonds is 4. The van der Waals surface area contributed by atoms with Gasteiger partial charge in [0.05, 0.1) is 0 Å². The SMILES string of the molecule is CC/C(C)=C/NC(=O)Nc1cccc(N(C)C)c1. The Morgan fingerprint density at radius 3 is 2.72 bits per heavy atom. The van der Waals surface area contributed by atoms with Crippen LogP contribution in [0.1, 0.15) is 20.3 Å². The van der Waals surface area contributed by atoms with Crippen molar-refractivity contribution in [2.75, 3.05) is 24.3 Å². The first-order valence-electron chi connectivity index (χ1n) is 6.03. The van der Waals surface area contributed by atoms with Crippen LogP contribution >= 0.6 is 0 Å². The van der Waals surface area contributed by atoms with Crippen LogP contribution in [-0.4, -0.2) is 20.1 Å². The van der Waals surface area contributed by atoms with Crippen molar-refractivity contribution in [3.63, 3.8) is 0 Å². The molecule has 98 valence electrons. The average molecular weight is 247 g/mol. The largest absolute Gasteiger partial charge is 0.378 e. The molecule has 0 atom stereocenters. The molecule has 0 saturated heterocycles. The average Bonchev–Trinajstić information content (AvgIpc) is 2.36. The Hall–Kier alpha value is -1.97. The van der Waals surface area contributed by atoms with E-state index in [-0.39, 0.29) is 6.03 Å². The molecule has 0 spiro atoms. The molecule has 18 heavy (non-hydrogen) atoms. The van der Waals surface area contributed by atoms with Gasteiger partial charge in [0.25, 0.3) is 0 Å². The van der Waals surface area contributed by atoms with Gasteiger partial charge in [-0.1, -0.05) is 18.6 Å². The summed E-state index contributed by atoms with van der Waals surface area (Å²) in [5.41, 5.74) is 2.96. The number of carbonyl (C=O) groups is 1. The van der Waals surface area contributed by atoms with E-state index in [1.807, 2.05) is 57.1 Å². The monoisotopic (exact) mass is 247 g/mol. The standard InChI is InChI=1S/C14H21N3O/c1-5-11(2)10-15-14(18)16-12-7-6-8-13(9-12)17(3)4/h6-10H,5H2,1-4H3,(H2,15,16,18)/b11-10+. The molecule has 1 aromatic carbocycles. The summed E-state index contributed by atoms with van der Waals surface area (Å²) in [6.07, 6.45) is 2.65. The molecule has 4 heteroatoms. The van der Waals surface area contributed by atoms with Crippen molar-refractivity contribution in [2.24, 2.45) is 0 Å². The zero-order valence-electron chi connectivity index (χ0n) is 11.4. The second kappa shape index (κ2) is 6.69. The molecule has 1 aromatic rings. The molecule has 0 aromatic heterocycles. The predicted molar refractivity (Wildman–Crippen MR) is 77.0 cm³/mol. The van der Waals surface area contributed by atoms with Gasteiger partial charge in [0.2, 0.25) is 0 Å². The summed E-state index contributed by atoms with van der Waals surface area (Å²) in [4.78, 5) is 13.6. The van der Waals surface area contributed by atoms with Gasteiger partial charge in [-0.05, 0) is 31.5 Å². The molecule has 0 aliphatic rings. The lowest BCUT2D eigenvalue weighted by molar-refractivity contribution is 0.255. The molecular formula is C14H21N3O. The minimum atomic E-state index is -0.223. The third-order valence-electron chi connectivity index (χ3n) is 2.63. The van der Waals surface area contributed by atoms with E-state index in [1.165, 1.54) is 0 Å². The summed E-state index contributed by atoms with van der Waals surface area (Å²) in [5, 5.41) is 5.50. The molecule has 2 N–H and O–H groups in total. The van der Waals surface area contributed by atoms with Gasteiger partial charge in [-0.15, -0.1) is 0 Å². The van der Waals surface area contributed by atoms with Crippen LogP contribution in [0.25, 0.3) is 0 Å². The minimum Gasteiger partial charge on any atom is -0.378 e. The third kappa shape index (κ3) is 4.49. The van der Waals surface area contributed by atoms with Crippen LogP contribution in [0.2, 0.25) is 0 Å². The van der Waals surface area contributed by atoms with Crippen LogP contribution in [0, 0.1) is 0 Å². The summed E-state index contributed by atoms with van der Waals surface area (Å²) in [7, 11) is 3.93. The number of allylic oxidation sites excluding steroid dienone is 1. The van der Waals surface area contributed by atoms with Crippen LogP contribution in [0.4, 0.5) is 16.2 Å². The first-order valence-corrected chi connectivity index (χ1v) is 6.03. The number of amides is 2. The Kier molecular flexibility index (Phi) is 5.24. The smallest absolute Gasteiger partial charge is 0.323 e. The van der Waals surface area contributed by atoms with Crippen molar-refractivity contribution in [3.05, 3.63) is 36.0 Å². The van der Waals surface area contributed by atoms with E-state index >= 15 is 0 Å². The molecule has 0 fully saturated rings. The number of urea groups is 1. The van der Waals surface area contributed by atoms with Gasteiger partial charge in [-0.3, -0.25) is 0 Å². The minimum absolute atomic E-state index is 0.223. The lowest BCUT2D eigenvalue weighted by Gasteiger charge is -2.14. The van der Waals surface area contributed by atoms with Gasteiger partial charge in [-0.25, -0.2) is 4.79 Å². The van der Waals surface area contributed by atoms with Gasteiger partial charge >= 0.3 is 6.03 Å². The summed E-state index contributed by atoms with van der Waals surface area (Å²) in [6.45, 7) is 4.03. The molecule has 1 rings (SSSR count). The molecule has 0 aliphatic carbocycles. The van der Waals surface area contributed by atoms with Crippen molar-refractivity contribution in [2.45, 2.75) is 20.3 Å². The van der Waals surface area contributed by atoms with Crippen LogP contribution in [0.3, 0.4) is 0 Å². The highest BCUT2D eigenvalue weighted by atomic mass is 16.2. The second-order valence-corrected chi connectivity index (χ2v) is 4.39. The third-order valence-corrected chi connectivity index (χ3v) is 2.63. The molecule has 0 aliphatic heterocycles. The Bertz CT molecular complexity index is 438. The zero-order chi connectivity index (χ0) is 13.5. The molecule has 2 amide bonds. The van der Waals surface area contributed by atoms with Gasteiger partial charge in [0.1, 0.15) is 0 Å². The van der Waals surface area contributed by atoms with E-state index in [0.717, 1.165) is 23.4 Å². The van der Waals surface area contributed by atoms with E-state index in [0.29, 0.717) is 0 Å².